The van der Waals surface area contributed by atoms with E-state index in [1.807, 2.05) is 54.6 Å². The van der Waals surface area contributed by atoms with Crippen LogP contribution < -0.4 is 15.9 Å². The molecule has 2 nitrogen and oxygen atoms in total. The lowest BCUT2D eigenvalue weighted by atomic mass is 10.4. The molecule has 0 radical (unpaired) electrons. The fourth-order valence-electron chi connectivity index (χ4n) is 3.15. The number of aliphatic carboxylic acids is 1. The fraction of sp³-hybridized carbons (Fsp3) is 0.0952. The van der Waals surface area contributed by atoms with E-state index in [4.69, 9.17) is 0 Å². The van der Waals surface area contributed by atoms with Gasteiger partial charge in [-0.05, 0) is 36.4 Å². The molecule has 0 fully saturated rings. The zero-order chi connectivity index (χ0) is 16.8. The fourth-order valence-corrected chi connectivity index (χ4v) is 7.38. The van der Waals surface area contributed by atoms with Crippen LogP contribution in [0.2, 0.25) is 0 Å². The van der Waals surface area contributed by atoms with Crippen LogP contribution in [0.5, 0.6) is 0 Å². The van der Waals surface area contributed by atoms with E-state index in [9.17, 15) is 9.90 Å². The van der Waals surface area contributed by atoms with E-state index in [1.54, 1.807) is 0 Å². The maximum Gasteiger partial charge on any atom is 0.307 e. The van der Waals surface area contributed by atoms with Crippen LogP contribution in [0.3, 0.4) is 0 Å². The van der Waals surface area contributed by atoms with Gasteiger partial charge in [0.2, 0.25) is 0 Å². The molecule has 4 heteroatoms. The number of carbonyl (C=O) groups is 1. The Balaban J connectivity index is 0.00000225. The third-order valence-corrected chi connectivity index (χ3v) is 8.69. The lowest BCUT2D eigenvalue weighted by molar-refractivity contribution is -0.136. The first kappa shape index (κ1) is 19.4. The molecule has 0 saturated carbocycles. The van der Waals surface area contributed by atoms with E-state index in [-0.39, 0.29) is 23.4 Å². The minimum atomic E-state index is -1.99. The summed E-state index contributed by atoms with van der Waals surface area (Å²) >= 11 is 0. The van der Waals surface area contributed by atoms with Crippen molar-refractivity contribution >= 4 is 46.1 Å². The second-order valence-corrected chi connectivity index (χ2v) is 9.30. The third-order valence-electron chi connectivity index (χ3n) is 4.25. The highest BCUT2D eigenvalue weighted by molar-refractivity contribution is 8.93. The van der Waals surface area contributed by atoms with E-state index >= 15 is 0 Å². The van der Waals surface area contributed by atoms with Crippen molar-refractivity contribution in [2.75, 3.05) is 6.16 Å². The van der Waals surface area contributed by atoms with E-state index in [0.717, 1.165) is 0 Å². The zero-order valence-electron chi connectivity index (χ0n) is 13.8. The molecule has 0 unspecified atom stereocenters. The van der Waals surface area contributed by atoms with Crippen LogP contribution in [0, 0.1) is 0 Å². The van der Waals surface area contributed by atoms with Crippen LogP contribution in [0.25, 0.3) is 0 Å². The summed E-state index contributed by atoms with van der Waals surface area (Å²) < 4.78 is 0. The molecule has 3 rings (SSSR count). The molecule has 0 aliphatic rings. The van der Waals surface area contributed by atoms with Gasteiger partial charge in [0, 0.05) is 0 Å². The van der Waals surface area contributed by atoms with Gasteiger partial charge in [-0.1, -0.05) is 54.6 Å². The number of rotatable bonds is 6. The second kappa shape index (κ2) is 8.94. The van der Waals surface area contributed by atoms with Crippen molar-refractivity contribution in [2.24, 2.45) is 0 Å². The summed E-state index contributed by atoms with van der Waals surface area (Å²) in [5.74, 6) is -0.748. The standard InChI is InChI=1S/C21H19O2P.BrH/c22-21(23)16-17-24(18-10-4-1-5-11-18,19-12-6-2-7-13-19)20-14-8-3-9-15-20;/h1-15H,16-17H2;1H/p+1. The summed E-state index contributed by atoms with van der Waals surface area (Å²) in [5, 5.41) is 13.0. The van der Waals surface area contributed by atoms with Gasteiger partial charge < -0.3 is 5.11 Å². The Morgan fingerprint density at radius 2 is 1.00 bits per heavy atom. The first-order chi connectivity index (χ1) is 11.7. The van der Waals surface area contributed by atoms with E-state index in [2.05, 4.69) is 36.4 Å². The van der Waals surface area contributed by atoms with Gasteiger partial charge in [0.15, 0.2) is 0 Å². The zero-order valence-corrected chi connectivity index (χ0v) is 16.4. The summed E-state index contributed by atoms with van der Waals surface area (Å²) in [7, 11) is -1.99. The summed E-state index contributed by atoms with van der Waals surface area (Å²) in [4.78, 5) is 11.4. The van der Waals surface area contributed by atoms with Gasteiger partial charge >= 0.3 is 5.97 Å². The van der Waals surface area contributed by atoms with Gasteiger partial charge in [-0.2, -0.15) is 0 Å². The maximum absolute atomic E-state index is 11.4. The third kappa shape index (κ3) is 4.18. The molecular formula is C21H21BrO2P+. The predicted octanol–water partition coefficient (Wildman–Crippen LogP) is 4.03. The molecule has 3 aromatic carbocycles. The van der Waals surface area contributed by atoms with Crippen molar-refractivity contribution < 1.29 is 9.90 Å². The van der Waals surface area contributed by atoms with E-state index < -0.39 is 13.2 Å². The number of hydrogen-bond acceptors (Lipinski definition) is 1. The molecule has 25 heavy (non-hydrogen) atoms. The van der Waals surface area contributed by atoms with Crippen molar-refractivity contribution in [2.45, 2.75) is 6.42 Å². The Hall–Kier alpha value is -1.96. The smallest absolute Gasteiger partial charge is 0.307 e. The van der Waals surface area contributed by atoms with Crippen molar-refractivity contribution in [3.63, 3.8) is 0 Å². The highest BCUT2D eigenvalue weighted by atomic mass is 79.9. The number of benzene rings is 3. The van der Waals surface area contributed by atoms with Crippen molar-refractivity contribution in [3.8, 4) is 0 Å². The highest BCUT2D eigenvalue weighted by Crippen LogP contribution is 2.55. The van der Waals surface area contributed by atoms with Crippen LogP contribution in [0.4, 0.5) is 0 Å². The molecule has 0 bridgehead atoms. The molecule has 0 heterocycles. The summed E-state index contributed by atoms with van der Waals surface area (Å²) in [6, 6.07) is 31.1. The molecule has 0 aliphatic carbocycles. The van der Waals surface area contributed by atoms with Gasteiger partial charge in [-0.15, -0.1) is 17.0 Å². The lowest BCUT2D eigenvalue weighted by Crippen LogP contribution is -2.34. The molecule has 0 atom stereocenters. The summed E-state index contributed by atoms with van der Waals surface area (Å²) in [5.41, 5.74) is 0. The van der Waals surface area contributed by atoms with Gasteiger partial charge in [-0.3, -0.25) is 4.79 Å². The van der Waals surface area contributed by atoms with Crippen LogP contribution in [-0.4, -0.2) is 17.2 Å². The van der Waals surface area contributed by atoms with Crippen molar-refractivity contribution in [1.82, 2.24) is 0 Å². The number of hydrogen-bond donors (Lipinski definition) is 1. The van der Waals surface area contributed by atoms with Crippen LogP contribution in [-0.2, 0) is 4.79 Å². The topological polar surface area (TPSA) is 37.3 Å². The molecule has 0 spiro atoms. The molecular weight excluding hydrogens is 395 g/mol. The Bertz CT molecular complexity index is 695. The molecule has 0 aromatic heterocycles. The van der Waals surface area contributed by atoms with Crippen molar-refractivity contribution in [1.29, 1.82) is 0 Å². The SMILES string of the molecule is Br.O=C(O)CC[P+](c1ccccc1)(c1ccccc1)c1ccccc1. The number of carboxylic acid groups (broad SMARTS) is 1. The van der Waals surface area contributed by atoms with Gasteiger partial charge in [-0.25, -0.2) is 0 Å². The lowest BCUT2D eigenvalue weighted by Gasteiger charge is -2.27. The quantitative estimate of drug-likeness (QED) is 0.617. The minimum Gasteiger partial charge on any atom is -0.481 e. The maximum atomic E-state index is 11.4. The number of halogens is 1. The van der Waals surface area contributed by atoms with Crippen LogP contribution >= 0.6 is 24.2 Å². The van der Waals surface area contributed by atoms with Gasteiger partial charge in [0.05, 0.1) is 12.6 Å². The van der Waals surface area contributed by atoms with Crippen LogP contribution in [0.15, 0.2) is 91.0 Å². The highest BCUT2D eigenvalue weighted by Gasteiger charge is 2.45. The Morgan fingerprint density at radius 1 is 0.680 bits per heavy atom. The van der Waals surface area contributed by atoms with Gasteiger partial charge in [0.1, 0.15) is 23.2 Å². The average Bonchev–Trinajstić information content (AvgIpc) is 2.65. The largest absolute Gasteiger partial charge is 0.481 e. The predicted molar refractivity (Wildman–Crippen MR) is 113 cm³/mol. The minimum absolute atomic E-state index is 0. The molecule has 1 N–H and O–H groups in total. The molecule has 0 saturated heterocycles. The molecule has 0 amide bonds. The Morgan fingerprint density at radius 3 is 1.28 bits per heavy atom. The molecule has 0 aliphatic heterocycles. The number of carboxylic acids is 1. The van der Waals surface area contributed by atoms with Crippen molar-refractivity contribution in [3.05, 3.63) is 91.0 Å². The average molecular weight is 416 g/mol. The molecule has 128 valence electrons. The van der Waals surface area contributed by atoms with Gasteiger partial charge in [0.25, 0.3) is 0 Å². The molecule has 3 aromatic rings. The first-order valence-corrected chi connectivity index (χ1v) is 9.97. The second-order valence-electron chi connectivity index (χ2n) is 5.68. The van der Waals surface area contributed by atoms with Crippen LogP contribution in [0.1, 0.15) is 6.42 Å². The Labute approximate surface area is 159 Å². The first-order valence-electron chi connectivity index (χ1n) is 8.00. The van der Waals surface area contributed by atoms with E-state index in [0.29, 0.717) is 6.16 Å². The summed E-state index contributed by atoms with van der Waals surface area (Å²) in [6.07, 6.45) is 0.785. The normalized spacial score (nSPS) is 10.7. The Kier molecular flexibility index (Phi) is 6.92. The summed E-state index contributed by atoms with van der Waals surface area (Å²) in [6.45, 7) is 0. The monoisotopic (exact) mass is 415 g/mol. The van der Waals surface area contributed by atoms with E-state index in [1.165, 1.54) is 15.9 Å².